The number of benzene rings is 1. The highest BCUT2D eigenvalue weighted by Crippen LogP contribution is 2.41. The zero-order valence-corrected chi connectivity index (χ0v) is 17.6. The number of carbonyl (C=O) groups is 1. The minimum absolute atomic E-state index is 0.00140. The molecule has 0 radical (unpaired) electrons. The fourth-order valence-corrected chi connectivity index (χ4v) is 2.85. The number of nitrogens with zero attached hydrogens (tertiary/aromatic N) is 1. The van der Waals surface area contributed by atoms with Gasteiger partial charge in [0, 0.05) is 19.2 Å². The van der Waals surface area contributed by atoms with Crippen LogP contribution in [-0.2, 0) is 19.0 Å². The molecule has 11 heteroatoms. The minimum Gasteiger partial charge on any atom is -0.483 e. The lowest BCUT2D eigenvalue weighted by atomic mass is 10.0. The van der Waals surface area contributed by atoms with Crippen molar-refractivity contribution in [3.05, 3.63) is 29.8 Å². The van der Waals surface area contributed by atoms with Gasteiger partial charge in [0.25, 0.3) is 0 Å². The fraction of sp³-hybridized carbons (Fsp3) is 0.500. The van der Waals surface area contributed by atoms with Gasteiger partial charge in [-0.15, -0.1) is 0 Å². The number of halogens is 3. The quantitative estimate of drug-likeness (QED) is 0.514. The first kappa shape index (κ1) is 22.9. The summed E-state index contributed by atoms with van der Waals surface area (Å²) < 4.78 is 76.4. The summed E-state index contributed by atoms with van der Waals surface area (Å²) in [6, 6.07) is 4.10. The summed E-state index contributed by atoms with van der Waals surface area (Å²) in [6.07, 6.45) is 0.481. The van der Waals surface area contributed by atoms with Gasteiger partial charge < -0.3 is 13.7 Å². The summed E-state index contributed by atoms with van der Waals surface area (Å²) in [4.78, 5) is 13.4. The average Bonchev–Trinajstić information content (AvgIpc) is 2.49. The van der Waals surface area contributed by atoms with Crippen LogP contribution in [0.2, 0.25) is 0 Å². The molecule has 1 aliphatic heterocycles. The van der Waals surface area contributed by atoms with Gasteiger partial charge in [-0.2, -0.15) is 21.6 Å². The smallest absolute Gasteiger partial charge is 0.483 e. The summed E-state index contributed by atoms with van der Waals surface area (Å²) in [5.41, 5.74) is -7.14. The predicted molar refractivity (Wildman–Crippen MR) is 99.8 cm³/mol. The van der Waals surface area contributed by atoms with E-state index in [0.29, 0.717) is 5.69 Å². The van der Waals surface area contributed by atoms with Gasteiger partial charge in [0.2, 0.25) is 0 Å². The Morgan fingerprint density at radius 2 is 1.76 bits per heavy atom. The van der Waals surface area contributed by atoms with Crippen molar-refractivity contribution < 1.29 is 40.0 Å². The summed E-state index contributed by atoms with van der Waals surface area (Å²) in [6.45, 7) is 8.14. The van der Waals surface area contributed by atoms with Crippen LogP contribution in [-0.4, -0.2) is 38.3 Å². The van der Waals surface area contributed by atoms with E-state index in [4.69, 9.17) is 9.47 Å². The topological polar surface area (TPSA) is 82.1 Å². The Balaban J connectivity index is 2.42. The molecule has 1 heterocycles. The molecule has 29 heavy (non-hydrogen) atoms. The Morgan fingerprint density at radius 1 is 1.17 bits per heavy atom. The van der Waals surface area contributed by atoms with Crippen LogP contribution >= 0.6 is 0 Å². The van der Waals surface area contributed by atoms with Gasteiger partial charge >= 0.3 is 21.7 Å². The van der Waals surface area contributed by atoms with E-state index >= 15 is 0 Å². The van der Waals surface area contributed by atoms with Gasteiger partial charge in [-0.25, -0.2) is 4.79 Å². The summed E-state index contributed by atoms with van der Waals surface area (Å²) in [5, 5.41) is 0. The molecule has 1 amide bonds. The van der Waals surface area contributed by atoms with E-state index in [1.54, 1.807) is 20.8 Å². The highest BCUT2D eigenvalue weighted by molar-refractivity contribution is 7.87. The van der Waals surface area contributed by atoms with Crippen molar-refractivity contribution in [2.45, 2.75) is 51.3 Å². The van der Waals surface area contributed by atoms with E-state index in [-0.39, 0.29) is 11.3 Å². The molecule has 0 fully saturated rings. The highest BCUT2D eigenvalue weighted by atomic mass is 32.2. The van der Waals surface area contributed by atoms with E-state index < -0.39 is 38.7 Å². The fourth-order valence-electron chi connectivity index (χ4n) is 2.38. The zero-order valence-electron chi connectivity index (χ0n) is 16.7. The molecule has 1 aliphatic rings. The minimum atomic E-state index is -5.86. The van der Waals surface area contributed by atoms with Crippen LogP contribution in [0.1, 0.15) is 40.2 Å². The normalized spacial score (nSPS) is 16.2. The molecule has 0 N–H and O–H groups in total. The lowest BCUT2D eigenvalue weighted by molar-refractivity contribution is -0.0510. The number of rotatable bonds is 3. The van der Waals surface area contributed by atoms with E-state index in [0.717, 1.165) is 6.08 Å². The highest BCUT2D eigenvalue weighted by Gasteiger charge is 2.49. The van der Waals surface area contributed by atoms with Crippen molar-refractivity contribution in [3.63, 3.8) is 0 Å². The van der Waals surface area contributed by atoms with Crippen LogP contribution < -0.4 is 9.64 Å². The molecule has 0 unspecified atom stereocenters. The van der Waals surface area contributed by atoms with E-state index in [9.17, 15) is 26.4 Å². The molecular formula is C18H22F3NO6S. The molecule has 162 valence electrons. The number of carbonyl (C=O) groups excluding carboxylic acids is 1. The van der Waals surface area contributed by atoms with Crippen molar-refractivity contribution in [1.29, 1.82) is 0 Å². The summed E-state index contributed by atoms with van der Waals surface area (Å²) >= 11 is 0. The molecule has 0 spiro atoms. The molecule has 0 saturated heterocycles. The number of alkyl halides is 3. The van der Waals surface area contributed by atoms with E-state index in [2.05, 4.69) is 4.18 Å². The first-order valence-corrected chi connectivity index (χ1v) is 9.86. The monoisotopic (exact) mass is 437 g/mol. The third-order valence-corrected chi connectivity index (χ3v) is 4.59. The van der Waals surface area contributed by atoms with Crippen LogP contribution in [0, 0.1) is 0 Å². The van der Waals surface area contributed by atoms with E-state index in [1.165, 1.54) is 44.0 Å². The second-order valence-electron chi connectivity index (χ2n) is 7.92. The van der Waals surface area contributed by atoms with Crippen LogP contribution in [0.3, 0.4) is 0 Å². The van der Waals surface area contributed by atoms with Gasteiger partial charge in [0.1, 0.15) is 17.0 Å². The van der Waals surface area contributed by atoms with Gasteiger partial charge in [-0.05, 0) is 46.8 Å². The zero-order chi connectivity index (χ0) is 22.4. The van der Waals surface area contributed by atoms with Crippen LogP contribution in [0.5, 0.6) is 5.75 Å². The molecule has 1 aromatic rings. The first-order valence-electron chi connectivity index (χ1n) is 8.46. The Morgan fingerprint density at radius 3 is 2.28 bits per heavy atom. The number of hydrogen-bond acceptors (Lipinski definition) is 6. The second kappa shape index (κ2) is 7.12. The number of anilines is 1. The van der Waals surface area contributed by atoms with Crippen molar-refractivity contribution in [2.24, 2.45) is 0 Å². The van der Waals surface area contributed by atoms with Gasteiger partial charge in [0.05, 0.1) is 11.3 Å². The van der Waals surface area contributed by atoms with Crippen LogP contribution in [0.25, 0.3) is 5.76 Å². The number of fused-ring (bicyclic) bond motifs is 1. The van der Waals surface area contributed by atoms with Gasteiger partial charge in [0.15, 0.2) is 5.76 Å². The molecular weight excluding hydrogens is 415 g/mol. The maximum atomic E-state index is 12.7. The SMILES string of the molecule is CN(C(=O)OC(C)(C)C)c1ccc2c(c1)OC(C)(C)C=C2OS(=O)(=O)C(F)(F)F. The van der Waals surface area contributed by atoms with Gasteiger partial charge in [-0.3, -0.25) is 4.90 Å². The van der Waals surface area contributed by atoms with Crippen molar-refractivity contribution in [2.75, 3.05) is 11.9 Å². The Labute approximate surface area is 167 Å². The standard InChI is InChI=1S/C18H22F3NO6S/c1-16(2,3)27-15(23)22(6)11-7-8-12-13(9-11)26-17(4,5)10-14(12)28-29(24,25)18(19,20)21/h7-10H,1-6H3. The lowest BCUT2D eigenvalue weighted by Crippen LogP contribution is -2.34. The Kier molecular flexibility index (Phi) is 5.61. The molecule has 0 aromatic heterocycles. The molecule has 0 aliphatic carbocycles. The van der Waals surface area contributed by atoms with Crippen molar-refractivity contribution in [3.8, 4) is 5.75 Å². The average molecular weight is 437 g/mol. The molecule has 0 bridgehead atoms. The van der Waals surface area contributed by atoms with Gasteiger partial charge in [-0.1, -0.05) is 0 Å². The van der Waals surface area contributed by atoms with E-state index in [1.807, 2.05) is 0 Å². The van der Waals surface area contributed by atoms with Crippen molar-refractivity contribution >= 4 is 27.7 Å². The predicted octanol–water partition coefficient (Wildman–Crippen LogP) is 4.44. The summed E-state index contributed by atoms with van der Waals surface area (Å²) in [5.74, 6) is -0.460. The molecule has 0 atom stereocenters. The third kappa shape index (κ3) is 5.34. The maximum absolute atomic E-state index is 12.7. The lowest BCUT2D eigenvalue weighted by Gasteiger charge is -2.31. The Bertz CT molecular complexity index is 945. The number of ether oxygens (including phenoxy) is 2. The first-order chi connectivity index (χ1) is 12.9. The number of amides is 1. The second-order valence-corrected chi connectivity index (χ2v) is 9.45. The van der Waals surface area contributed by atoms with Crippen LogP contribution in [0.4, 0.5) is 23.7 Å². The largest absolute Gasteiger partial charge is 0.534 e. The van der Waals surface area contributed by atoms with Crippen molar-refractivity contribution in [1.82, 2.24) is 0 Å². The number of hydrogen-bond donors (Lipinski definition) is 0. The third-order valence-electron chi connectivity index (χ3n) is 3.62. The Hall–Kier alpha value is -2.43. The maximum Gasteiger partial charge on any atom is 0.534 e. The molecule has 1 aromatic carbocycles. The molecule has 0 saturated carbocycles. The molecule has 2 rings (SSSR count). The molecule has 7 nitrogen and oxygen atoms in total. The van der Waals surface area contributed by atoms with Crippen LogP contribution in [0.15, 0.2) is 24.3 Å². The summed E-state index contributed by atoms with van der Waals surface area (Å²) in [7, 11) is -4.41.